The predicted octanol–water partition coefficient (Wildman–Crippen LogP) is 5.02. The maximum absolute atomic E-state index is 12.8. The molecule has 2 heterocycles. The molecule has 0 radical (unpaired) electrons. The predicted molar refractivity (Wildman–Crippen MR) is 97.5 cm³/mol. The van der Waals surface area contributed by atoms with Crippen LogP contribution in [0.1, 0.15) is 32.3 Å². The van der Waals surface area contributed by atoms with E-state index in [9.17, 15) is 13.2 Å². The molecule has 1 saturated heterocycles. The normalized spacial score (nSPS) is 18.3. The lowest BCUT2D eigenvalue weighted by Gasteiger charge is -2.57. The molecule has 1 aliphatic heterocycles. The summed E-state index contributed by atoms with van der Waals surface area (Å²) in [6, 6.07) is 9.52. The second-order valence-electron chi connectivity index (χ2n) is 6.79. The molecule has 140 valence electrons. The van der Waals surface area contributed by atoms with E-state index >= 15 is 0 Å². The van der Waals surface area contributed by atoms with Crippen LogP contribution in [0.4, 0.5) is 24.5 Å². The number of nitrogens with zero attached hydrogens (tertiary/aromatic N) is 2. The fourth-order valence-corrected chi connectivity index (χ4v) is 3.77. The van der Waals surface area contributed by atoms with Crippen molar-refractivity contribution in [2.45, 2.75) is 38.9 Å². The van der Waals surface area contributed by atoms with Crippen molar-refractivity contribution in [3.63, 3.8) is 0 Å². The van der Waals surface area contributed by atoms with Crippen molar-refractivity contribution in [3.05, 3.63) is 54.4 Å². The van der Waals surface area contributed by atoms with Crippen LogP contribution in [0.5, 0.6) is 0 Å². The van der Waals surface area contributed by atoms with Gasteiger partial charge >= 0.3 is 6.18 Å². The highest BCUT2D eigenvalue weighted by Gasteiger charge is 2.50. The van der Waals surface area contributed by atoms with Gasteiger partial charge in [-0.1, -0.05) is 13.8 Å². The lowest BCUT2D eigenvalue weighted by molar-refractivity contribution is -0.137. The van der Waals surface area contributed by atoms with Crippen molar-refractivity contribution in [1.82, 2.24) is 10.3 Å². The van der Waals surface area contributed by atoms with E-state index in [0.717, 1.165) is 49.4 Å². The highest BCUT2D eigenvalue weighted by molar-refractivity contribution is 5.64. The molecule has 1 aromatic heterocycles. The van der Waals surface area contributed by atoms with E-state index < -0.39 is 11.7 Å². The third-order valence-corrected chi connectivity index (χ3v) is 5.10. The summed E-state index contributed by atoms with van der Waals surface area (Å²) in [5.74, 6) is 0. The quantitative estimate of drug-likeness (QED) is 0.830. The maximum atomic E-state index is 12.8. The Morgan fingerprint density at radius 2 is 1.69 bits per heavy atom. The standard InChI is InChI=1S/C18H18F3N3.C2H6/c19-18(20,21)13-3-5-14(6-4-13)24(15-2-1-7-22-10-15)16-8-17(9-16)11-23-12-17;1-2/h1-7,10,16,23H,8-9,11-12H2;1-2H3. The van der Waals surface area contributed by atoms with Crippen LogP contribution in [0.25, 0.3) is 0 Å². The average molecular weight is 363 g/mol. The van der Waals surface area contributed by atoms with Crippen LogP contribution in [-0.2, 0) is 6.18 Å². The number of alkyl halides is 3. The number of anilines is 2. The largest absolute Gasteiger partial charge is 0.416 e. The van der Waals surface area contributed by atoms with Gasteiger partial charge in [0.15, 0.2) is 0 Å². The molecule has 0 atom stereocenters. The molecule has 1 aliphatic carbocycles. The third kappa shape index (κ3) is 3.56. The molecule has 1 aromatic carbocycles. The Morgan fingerprint density at radius 3 is 2.15 bits per heavy atom. The van der Waals surface area contributed by atoms with Crippen LogP contribution in [-0.4, -0.2) is 24.1 Å². The SMILES string of the molecule is CC.FC(F)(F)c1ccc(N(c2cccnc2)C2CC3(CNC3)C2)cc1. The minimum Gasteiger partial charge on any atom is -0.337 e. The highest BCUT2D eigenvalue weighted by atomic mass is 19.4. The lowest BCUT2D eigenvalue weighted by Crippen LogP contribution is -2.64. The van der Waals surface area contributed by atoms with Crippen molar-refractivity contribution in [2.75, 3.05) is 18.0 Å². The summed E-state index contributed by atoms with van der Waals surface area (Å²) in [5.41, 5.74) is 1.47. The van der Waals surface area contributed by atoms with Gasteiger partial charge in [-0.25, -0.2) is 0 Å². The first-order chi connectivity index (χ1) is 12.5. The Labute approximate surface area is 152 Å². The first-order valence-corrected chi connectivity index (χ1v) is 9.04. The molecular weight excluding hydrogens is 339 g/mol. The molecule has 0 amide bonds. The number of aromatic nitrogens is 1. The van der Waals surface area contributed by atoms with Gasteiger partial charge in [-0.3, -0.25) is 4.98 Å². The van der Waals surface area contributed by atoms with Crippen LogP contribution in [0, 0.1) is 5.41 Å². The van der Waals surface area contributed by atoms with Gasteiger partial charge in [-0.15, -0.1) is 0 Å². The van der Waals surface area contributed by atoms with Crippen molar-refractivity contribution in [3.8, 4) is 0 Å². The Balaban J connectivity index is 0.000000948. The van der Waals surface area contributed by atoms with Gasteiger partial charge < -0.3 is 10.2 Å². The summed E-state index contributed by atoms with van der Waals surface area (Å²) in [6.45, 7) is 6.08. The van der Waals surface area contributed by atoms with Gasteiger partial charge in [0.2, 0.25) is 0 Å². The van der Waals surface area contributed by atoms with E-state index in [2.05, 4.69) is 15.2 Å². The van der Waals surface area contributed by atoms with E-state index in [1.54, 1.807) is 24.5 Å². The smallest absolute Gasteiger partial charge is 0.337 e. The minimum atomic E-state index is -4.31. The zero-order valence-electron chi connectivity index (χ0n) is 15.1. The van der Waals surface area contributed by atoms with Crippen LogP contribution in [0.15, 0.2) is 48.8 Å². The van der Waals surface area contributed by atoms with Crippen LogP contribution in [0.2, 0.25) is 0 Å². The molecular formula is C20H24F3N3. The third-order valence-electron chi connectivity index (χ3n) is 5.10. The Bertz CT molecular complexity index is 701. The highest BCUT2D eigenvalue weighted by Crippen LogP contribution is 2.49. The number of hydrogen-bond donors (Lipinski definition) is 1. The number of pyridine rings is 1. The van der Waals surface area contributed by atoms with Gasteiger partial charge in [0.1, 0.15) is 0 Å². The molecule has 4 rings (SSSR count). The Morgan fingerprint density at radius 1 is 1.04 bits per heavy atom. The van der Waals surface area contributed by atoms with Gasteiger partial charge in [0, 0.05) is 31.0 Å². The fraction of sp³-hybridized carbons (Fsp3) is 0.450. The van der Waals surface area contributed by atoms with E-state index in [1.165, 1.54) is 0 Å². The summed E-state index contributed by atoms with van der Waals surface area (Å²) >= 11 is 0. The Kier molecular flexibility index (Phi) is 5.23. The Hall–Kier alpha value is -2.08. The van der Waals surface area contributed by atoms with E-state index in [1.807, 2.05) is 26.0 Å². The second-order valence-corrected chi connectivity index (χ2v) is 6.79. The van der Waals surface area contributed by atoms with Gasteiger partial charge in [-0.2, -0.15) is 13.2 Å². The van der Waals surface area contributed by atoms with Gasteiger partial charge in [-0.05, 0) is 54.7 Å². The fourth-order valence-electron chi connectivity index (χ4n) is 3.77. The molecule has 26 heavy (non-hydrogen) atoms. The number of benzene rings is 1. The van der Waals surface area contributed by atoms with Crippen LogP contribution in [0.3, 0.4) is 0 Å². The molecule has 2 aliphatic rings. The number of halogens is 3. The summed E-state index contributed by atoms with van der Waals surface area (Å²) in [6.07, 6.45) is 1.26. The molecule has 1 saturated carbocycles. The number of nitrogens with one attached hydrogen (secondary N) is 1. The summed E-state index contributed by atoms with van der Waals surface area (Å²) < 4.78 is 38.4. The molecule has 2 fully saturated rings. The van der Waals surface area contributed by atoms with E-state index in [0.29, 0.717) is 11.5 Å². The molecule has 2 aromatic rings. The van der Waals surface area contributed by atoms with Crippen molar-refractivity contribution in [1.29, 1.82) is 0 Å². The van der Waals surface area contributed by atoms with Crippen molar-refractivity contribution >= 4 is 11.4 Å². The molecule has 3 nitrogen and oxygen atoms in total. The van der Waals surface area contributed by atoms with E-state index in [4.69, 9.17) is 0 Å². The maximum Gasteiger partial charge on any atom is 0.416 e. The summed E-state index contributed by atoms with van der Waals surface area (Å²) in [5, 5.41) is 3.31. The first-order valence-electron chi connectivity index (χ1n) is 9.04. The average Bonchev–Trinajstić information content (AvgIpc) is 2.58. The number of rotatable bonds is 3. The minimum absolute atomic E-state index is 0.299. The molecule has 0 unspecified atom stereocenters. The zero-order chi connectivity index (χ0) is 18.8. The first kappa shape index (κ1) is 18.7. The number of hydrogen-bond acceptors (Lipinski definition) is 3. The molecule has 1 N–H and O–H groups in total. The lowest BCUT2D eigenvalue weighted by atomic mass is 9.61. The van der Waals surface area contributed by atoms with Crippen LogP contribution >= 0.6 is 0 Å². The molecule has 0 bridgehead atoms. The summed E-state index contributed by atoms with van der Waals surface area (Å²) in [7, 11) is 0. The summed E-state index contributed by atoms with van der Waals surface area (Å²) in [4.78, 5) is 6.29. The monoisotopic (exact) mass is 363 g/mol. The van der Waals surface area contributed by atoms with Gasteiger partial charge in [0.25, 0.3) is 0 Å². The van der Waals surface area contributed by atoms with Gasteiger partial charge in [0.05, 0.1) is 17.4 Å². The van der Waals surface area contributed by atoms with Crippen LogP contribution < -0.4 is 10.2 Å². The molecule has 6 heteroatoms. The second kappa shape index (κ2) is 7.27. The zero-order valence-corrected chi connectivity index (χ0v) is 15.1. The van der Waals surface area contributed by atoms with Crippen molar-refractivity contribution < 1.29 is 13.2 Å². The molecule has 1 spiro atoms. The topological polar surface area (TPSA) is 28.2 Å². The van der Waals surface area contributed by atoms with E-state index in [-0.39, 0.29) is 0 Å². The van der Waals surface area contributed by atoms with Crippen molar-refractivity contribution in [2.24, 2.45) is 5.41 Å².